The molecule has 0 aliphatic carbocycles. The van der Waals surface area contributed by atoms with Gasteiger partial charge >= 0.3 is 12.4 Å². The summed E-state index contributed by atoms with van der Waals surface area (Å²) in [7, 11) is 0.841. The van der Waals surface area contributed by atoms with Gasteiger partial charge in [0.05, 0.1) is 11.3 Å². The second kappa shape index (κ2) is 8.46. The summed E-state index contributed by atoms with van der Waals surface area (Å²) in [5, 5.41) is 6.82. The first kappa shape index (κ1) is 24.2. The average Bonchev–Trinajstić information content (AvgIpc) is 2.96. The molecule has 1 N–H and O–H groups in total. The number of benzene rings is 1. The number of alkyl halides is 6. The van der Waals surface area contributed by atoms with Crippen LogP contribution in [0.5, 0.6) is 0 Å². The van der Waals surface area contributed by atoms with E-state index in [2.05, 4.69) is 15.2 Å². The Bertz CT molecular complexity index is 1410. The Kier molecular flexibility index (Phi) is 6.19. The first-order valence-corrected chi connectivity index (χ1v) is 9.48. The van der Waals surface area contributed by atoms with E-state index in [4.69, 9.17) is 12.2 Å². The molecule has 8 nitrogen and oxygen atoms in total. The van der Waals surface area contributed by atoms with E-state index in [-0.39, 0.29) is 4.77 Å². The second-order valence-corrected chi connectivity index (χ2v) is 7.03. The zero-order valence-electron chi connectivity index (χ0n) is 16.8. The van der Waals surface area contributed by atoms with E-state index < -0.39 is 51.8 Å². The van der Waals surface area contributed by atoms with Crippen molar-refractivity contribution in [3.8, 4) is 5.69 Å². The zero-order valence-corrected chi connectivity index (χ0v) is 17.6. The molecule has 0 atom stereocenters. The molecule has 0 fully saturated rings. The number of H-pyrrole nitrogens is 1. The second-order valence-electron chi connectivity index (χ2n) is 6.64. The molecule has 0 bridgehead atoms. The summed E-state index contributed by atoms with van der Waals surface area (Å²) >= 11 is 4.93. The number of azo groups is 1. The third-order valence-electron chi connectivity index (χ3n) is 4.52. The summed E-state index contributed by atoms with van der Waals surface area (Å²) in [5.41, 5.74) is -7.05. The lowest BCUT2D eigenvalue weighted by atomic mass is 10.2. The van der Waals surface area contributed by atoms with Crippen LogP contribution >= 0.6 is 12.2 Å². The number of aryl methyl sites for hydroxylation is 1. The van der Waals surface area contributed by atoms with E-state index in [9.17, 15) is 35.9 Å². The molecule has 33 heavy (non-hydrogen) atoms. The number of nitrogens with one attached hydrogen (secondary N) is 1. The molecular weight excluding hydrogens is 478 g/mol. The first-order valence-electron chi connectivity index (χ1n) is 9.08. The van der Waals surface area contributed by atoms with Crippen molar-refractivity contribution in [2.45, 2.75) is 25.8 Å². The maximum Gasteiger partial charge on any atom is 0.435 e. The molecule has 0 aliphatic rings. The van der Waals surface area contributed by atoms with Crippen LogP contribution in [0.3, 0.4) is 0 Å². The van der Waals surface area contributed by atoms with Crippen LogP contribution in [0.4, 0.5) is 37.7 Å². The topological polar surface area (TPSA) is 89.4 Å². The highest BCUT2D eigenvalue weighted by Crippen LogP contribution is 2.36. The Labute approximate surface area is 185 Å². The van der Waals surface area contributed by atoms with E-state index in [1.807, 2.05) is 0 Å². The molecule has 0 spiro atoms. The fraction of sp³-hybridized carbons (Fsp3) is 0.278. The number of aromatic nitrogens is 4. The Morgan fingerprint density at radius 3 is 2.30 bits per heavy atom. The molecule has 0 saturated carbocycles. The van der Waals surface area contributed by atoms with Crippen molar-refractivity contribution in [2.24, 2.45) is 17.3 Å². The number of nitrogens with zero attached hydrogens (tertiary/aromatic N) is 5. The van der Waals surface area contributed by atoms with Crippen LogP contribution in [0.15, 0.2) is 50.3 Å². The van der Waals surface area contributed by atoms with E-state index in [0.717, 1.165) is 25.4 Å². The van der Waals surface area contributed by atoms with Crippen LogP contribution in [0.25, 0.3) is 5.69 Å². The molecule has 0 amide bonds. The lowest BCUT2D eigenvalue weighted by Crippen LogP contribution is -2.21. The van der Waals surface area contributed by atoms with E-state index in [1.54, 1.807) is 6.92 Å². The summed E-state index contributed by atoms with van der Waals surface area (Å²) in [6, 6.07) is 3.22. The third-order valence-corrected chi connectivity index (χ3v) is 4.86. The van der Waals surface area contributed by atoms with Crippen LogP contribution in [0, 0.1) is 4.77 Å². The lowest BCUT2D eigenvalue weighted by molar-refractivity contribution is -0.143. The normalized spacial score (nSPS) is 12.6. The van der Waals surface area contributed by atoms with Gasteiger partial charge in [0.25, 0.3) is 11.1 Å². The third kappa shape index (κ3) is 4.67. The van der Waals surface area contributed by atoms with Crippen molar-refractivity contribution in [1.82, 2.24) is 18.9 Å². The van der Waals surface area contributed by atoms with Gasteiger partial charge in [-0.3, -0.25) is 19.3 Å². The minimum absolute atomic E-state index is 0.0454. The van der Waals surface area contributed by atoms with Crippen molar-refractivity contribution < 1.29 is 26.3 Å². The van der Waals surface area contributed by atoms with Crippen LogP contribution < -0.4 is 11.1 Å². The fourth-order valence-corrected chi connectivity index (χ4v) is 3.29. The van der Waals surface area contributed by atoms with Crippen LogP contribution in [0.2, 0.25) is 0 Å². The van der Waals surface area contributed by atoms with Gasteiger partial charge in [0.1, 0.15) is 0 Å². The smallest absolute Gasteiger partial charge is 0.323 e. The van der Waals surface area contributed by atoms with Gasteiger partial charge in [-0.2, -0.15) is 26.3 Å². The number of aromatic amines is 1. The number of hydrogen-bond donors (Lipinski definition) is 1. The van der Waals surface area contributed by atoms with Gasteiger partial charge in [-0.15, -0.1) is 10.2 Å². The minimum Gasteiger partial charge on any atom is -0.323 e. The predicted molar refractivity (Wildman–Crippen MR) is 107 cm³/mol. The Morgan fingerprint density at radius 1 is 1.06 bits per heavy atom. The number of halogens is 6. The Balaban J connectivity index is 2.25. The molecular formula is C18H14F6N6O2S. The maximum atomic E-state index is 13.7. The van der Waals surface area contributed by atoms with Crippen molar-refractivity contribution >= 4 is 23.6 Å². The molecule has 0 radical (unpaired) electrons. The molecule has 0 aliphatic heterocycles. The summed E-state index contributed by atoms with van der Waals surface area (Å²) < 4.78 is 82.4. The molecule has 0 unspecified atom stereocenters. The molecule has 176 valence electrons. The van der Waals surface area contributed by atoms with Gasteiger partial charge in [-0.1, -0.05) is 6.07 Å². The SMILES string of the molecule is CCn1cc(N=Nc2c(C(F)(F)F)n(C)n(-c3cccc(C(F)(F)F)c3)c2=O)c(=O)[nH]c1=S. The summed E-state index contributed by atoms with van der Waals surface area (Å²) in [6.07, 6.45) is -8.76. The largest absolute Gasteiger partial charge is 0.435 e. The summed E-state index contributed by atoms with van der Waals surface area (Å²) in [6.45, 7) is 1.99. The molecule has 0 saturated heterocycles. The standard InChI is InChI=1S/C18H14F6N6O2S/c1-3-29-8-11(14(31)25-16(29)33)26-27-12-13(18(22,23)24)28(2)30(15(12)32)10-6-4-5-9(7-10)17(19,20)21/h4-8H,3H2,1-2H3,(H,25,31,33). The maximum absolute atomic E-state index is 13.7. The Hall–Kier alpha value is -3.49. The predicted octanol–water partition coefficient (Wildman–Crippen LogP) is 4.87. The highest BCUT2D eigenvalue weighted by Gasteiger charge is 2.41. The van der Waals surface area contributed by atoms with Gasteiger partial charge < -0.3 is 4.57 Å². The van der Waals surface area contributed by atoms with Crippen molar-refractivity contribution in [3.63, 3.8) is 0 Å². The first-order chi connectivity index (χ1) is 15.3. The molecule has 1 aromatic carbocycles. The fourth-order valence-electron chi connectivity index (χ4n) is 3.01. The number of rotatable bonds is 4. The van der Waals surface area contributed by atoms with Gasteiger partial charge in [0.15, 0.2) is 21.8 Å². The van der Waals surface area contributed by atoms with Crippen molar-refractivity contribution in [1.29, 1.82) is 0 Å². The average molecular weight is 492 g/mol. The van der Waals surface area contributed by atoms with Crippen LogP contribution in [-0.4, -0.2) is 18.9 Å². The molecule has 3 aromatic rings. The number of hydrogen-bond acceptors (Lipinski definition) is 5. The monoisotopic (exact) mass is 492 g/mol. The van der Waals surface area contributed by atoms with Gasteiger partial charge in [-0.25, -0.2) is 4.68 Å². The zero-order chi connectivity index (χ0) is 24.7. The van der Waals surface area contributed by atoms with Gasteiger partial charge in [0.2, 0.25) is 0 Å². The molecule has 2 aromatic heterocycles. The molecule has 3 rings (SSSR count). The highest BCUT2D eigenvalue weighted by molar-refractivity contribution is 7.71. The highest BCUT2D eigenvalue weighted by atomic mass is 32.1. The van der Waals surface area contributed by atoms with Crippen molar-refractivity contribution in [2.75, 3.05) is 0 Å². The lowest BCUT2D eigenvalue weighted by Gasteiger charge is -2.13. The Morgan fingerprint density at radius 2 is 1.73 bits per heavy atom. The quantitative estimate of drug-likeness (QED) is 0.320. The van der Waals surface area contributed by atoms with Gasteiger partial charge in [0, 0.05) is 19.8 Å². The summed E-state index contributed by atoms with van der Waals surface area (Å²) in [4.78, 5) is 27.1. The van der Waals surface area contributed by atoms with E-state index >= 15 is 0 Å². The van der Waals surface area contributed by atoms with Gasteiger partial charge in [-0.05, 0) is 37.3 Å². The van der Waals surface area contributed by atoms with Crippen LogP contribution in [-0.2, 0) is 25.9 Å². The van der Waals surface area contributed by atoms with Crippen LogP contribution in [0.1, 0.15) is 18.2 Å². The van der Waals surface area contributed by atoms with E-state index in [1.165, 1.54) is 4.57 Å². The van der Waals surface area contributed by atoms with Crippen molar-refractivity contribution in [3.05, 3.63) is 67.2 Å². The minimum atomic E-state index is -5.12. The van der Waals surface area contributed by atoms with E-state index in [0.29, 0.717) is 28.0 Å². The molecule has 15 heteroatoms. The molecule has 2 heterocycles. The summed E-state index contributed by atoms with van der Waals surface area (Å²) in [5.74, 6) is 0.